The number of methoxy groups -OCH3 is 3. The van der Waals surface area contributed by atoms with Crippen LogP contribution in [0.15, 0.2) is 18.2 Å². The molecule has 1 aromatic rings. The molecule has 0 radical (unpaired) electrons. The highest BCUT2D eigenvalue weighted by molar-refractivity contribution is 5.67. The monoisotopic (exact) mass is 225 g/mol. The average molecular weight is 225 g/mol. The Bertz CT molecular complexity index is 365. The maximum atomic E-state index is 10.9. The number of carbonyl (C=O) groups excluding carboxylic acids is 1. The number of alkyl carbamates (subject to hydrolysis) is 1. The van der Waals surface area contributed by atoms with Gasteiger partial charge < -0.3 is 19.5 Å². The summed E-state index contributed by atoms with van der Waals surface area (Å²) in [6.07, 6.45) is -0.474. The van der Waals surface area contributed by atoms with Crippen molar-refractivity contribution in [2.45, 2.75) is 6.54 Å². The van der Waals surface area contributed by atoms with Crippen LogP contribution in [-0.4, -0.2) is 27.4 Å². The van der Waals surface area contributed by atoms with Crippen LogP contribution < -0.4 is 14.8 Å². The first-order valence-electron chi connectivity index (χ1n) is 4.74. The number of hydrogen-bond acceptors (Lipinski definition) is 4. The largest absolute Gasteiger partial charge is 0.497 e. The van der Waals surface area contributed by atoms with E-state index in [0.29, 0.717) is 18.0 Å². The zero-order valence-corrected chi connectivity index (χ0v) is 9.57. The summed E-state index contributed by atoms with van der Waals surface area (Å²) in [5.74, 6) is 1.37. The predicted molar refractivity (Wildman–Crippen MR) is 58.8 cm³/mol. The second-order valence-electron chi connectivity index (χ2n) is 3.02. The van der Waals surface area contributed by atoms with Crippen LogP contribution in [0.4, 0.5) is 4.79 Å². The Hall–Kier alpha value is -1.91. The lowest BCUT2D eigenvalue weighted by Gasteiger charge is -2.10. The lowest BCUT2D eigenvalue weighted by molar-refractivity contribution is 0.170. The predicted octanol–water partition coefficient (Wildman–Crippen LogP) is 1.56. The van der Waals surface area contributed by atoms with Crippen LogP contribution in [0.5, 0.6) is 11.5 Å². The van der Waals surface area contributed by atoms with E-state index in [-0.39, 0.29) is 0 Å². The van der Waals surface area contributed by atoms with Crippen molar-refractivity contribution in [3.05, 3.63) is 23.8 Å². The molecule has 1 aromatic carbocycles. The van der Waals surface area contributed by atoms with Crippen LogP contribution >= 0.6 is 0 Å². The average Bonchev–Trinajstić information content (AvgIpc) is 2.35. The molecule has 1 N–H and O–H groups in total. The Labute approximate surface area is 94.3 Å². The third-order valence-electron chi connectivity index (χ3n) is 2.10. The van der Waals surface area contributed by atoms with Crippen molar-refractivity contribution >= 4 is 6.09 Å². The first-order valence-corrected chi connectivity index (χ1v) is 4.74. The number of benzene rings is 1. The van der Waals surface area contributed by atoms with Crippen LogP contribution in [0.3, 0.4) is 0 Å². The molecule has 0 fully saturated rings. The minimum absolute atomic E-state index is 0.347. The fourth-order valence-electron chi connectivity index (χ4n) is 1.24. The van der Waals surface area contributed by atoms with Crippen molar-refractivity contribution in [1.29, 1.82) is 0 Å². The summed E-state index contributed by atoms with van der Waals surface area (Å²) in [5, 5.41) is 2.58. The Balaban J connectivity index is 2.75. The SMILES string of the molecule is COC(=O)NCc1ccc(OC)cc1OC. The van der Waals surface area contributed by atoms with Crippen molar-refractivity contribution in [3.63, 3.8) is 0 Å². The Morgan fingerprint density at radius 2 is 2.00 bits per heavy atom. The molecule has 5 nitrogen and oxygen atoms in total. The smallest absolute Gasteiger partial charge is 0.407 e. The minimum atomic E-state index is -0.474. The highest BCUT2D eigenvalue weighted by Crippen LogP contribution is 2.24. The maximum absolute atomic E-state index is 10.9. The molecule has 0 heterocycles. The number of hydrogen-bond donors (Lipinski definition) is 1. The van der Waals surface area contributed by atoms with Gasteiger partial charge in [0.05, 0.1) is 21.3 Å². The first-order chi connectivity index (χ1) is 7.71. The molecule has 1 amide bonds. The molecule has 88 valence electrons. The number of ether oxygens (including phenoxy) is 3. The molecule has 0 saturated carbocycles. The number of amides is 1. The zero-order chi connectivity index (χ0) is 12.0. The van der Waals surface area contributed by atoms with E-state index in [1.165, 1.54) is 7.11 Å². The third-order valence-corrected chi connectivity index (χ3v) is 2.10. The van der Waals surface area contributed by atoms with Crippen molar-refractivity contribution in [1.82, 2.24) is 5.32 Å². The number of carbonyl (C=O) groups is 1. The summed E-state index contributed by atoms with van der Waals surface area (Å²) in [5.41, 5.74) is 0.855. The van der Waals surface area contributed by atoms with Gasteiger partial charge in [-0.1, -0.05) is 0 Å². The van der Waals surface area contributed by atoms with Crippen LogP contribution in [-0.2, 0) is 11.3 Å². The van der Waals surface area contributed by atoms with E-state index < -0.39 is 6.09 Å². The Morgan fingerprint density at radius 3 is 2.56 bits per heavy atom. The summed E-state index contributed by atoms with van der Waals surface area (Å²) < 4.78 is 14.7. The molecule has 16 heavy (non-hydrogen) atoms. The summed E-state index contributed by atoms with van der Waals surface area (Å²) in [6, 6.07) is 5.39. The molecule has 0 aliphatic heterocycles. The minimum Gasteiger partial charge on any atom is -0.497 e. The summed E-state index contributed by atoms with van der Waals surface area (Å²) in [4.78, 5) is 10.9. The van der Waals surface area contributed by atoms with Gasteiger partial charge in [-0.15, -0.1) is 0 Å². The van der Waals surface area contributed by atoms with E-state index in [1.807, 2.05) is 6.07 Å². The fourth-order valence-corrected chi connectivity index (χ4v) is 1.24. The quantitative estimate of drug-likeness (QED) is 0.844. The van der Waals surface area contributed by atoms with Gasteiger partial charge in [-0.3, -0.25) is 0 Å². The van der Waals surface area contributed by atoms with E-state index in [9.17, 15) is 4.79 Å². The molecule has 0 unspecified atom stereocenters. The lowest BCUT2D eigenvalue weighted by Crippen LogP contribution is -2.22. The van der Waals surface area contributed by atoms with E-state index in [2.05, 4.69) is 10.1 Å². The van der Waals surface area contributed by atoms with Gasteiger partial charge in [-0.05, 0) is 12.1 Å². The molecular weight excluding hydrogens is 210 g/mol. The van der Waals surface area contributed by atoms with Crippen molar-refractivity contribution in [2.24, 2.45) is 0 Å². The van der Waals surface area contributed by atoms with Crippen LogP contribution in [0, 0.1) is 0 Å². The normalized spacial score (nSPS) is 9.44. The van der Waals surface area contributed by atoms with Gasteiger partial charge in [0.15, 0.2) is 0 Å². The molecule has 1 rings (SSSR count). The summed E-state index contributed by atoms with van der Waals surface area (Å²) in [6.45, 7) is 0.347. The third kappa shape index (κ3) is 3.05. The van der Waals surface area contributed by atoms with E-state index in [0.717, 1.165) is 5.56 Å². The number of nitrogens with one attached hydrogen (secondary N) is 1. The second-order valence-corrected chi connectivity index (χ2v) is 3.02. The van der Waals surface area contributed by atoms with Crippen LogP contribution in [0.1, 0.15) is 5.56 Å². The van der Waals surface area contributed by atoms with Crippen LogP contribution in [0.2, 0.25) is 0 Å². The Morgan fingerprint density at radius 1 is 1.25 bits per heavy atom. The van der Waals surface area contributed by atoms with E-state index >= 15 is 0 Å². The fraction of sp³-hybridized carbons (Fsp3) is 0.364. The highest BCUT2D eigenvalue weighted by atomic mass is 16.5. The summed E-state index contributed by atoms with van der Waals surface area (Å²) >= 11 is 0. The molecule has 5 heteroatoms. The van der Waals surface area contributed by atoms with E-state index in [1.54, 1.807) is 26.4 Å². The van der Waals surface area contributed by atoms with Gasteiger partial charge >= 0.3 is 6.09 Å². The van der Waals surface area contributed by atoms with E-state index in [4.69, 9.17) is 9.47 Å². The van der Waals surface area contributed by atoms with Gasteiger partial charge in [0.25, 0.3) is 0 Å². The standard InChI is InChI=1S/C11H15NO4/c1-14-9-5-4-8(10(6-9)15-2)7-12-11(13)16-3/h4-6H,7H2,1-3H3,(H,12,13). The topological polar surface area (TPSA) is 56.8 Å². The van der Waals surface area contributed by atoms with Gasteiger partial charge in [-0.2, -0.15) is 0 Å². The Kier molecular flexibility index (Phi) is 4.44. The maximum Gasteiger partial charge on any atom is 0.407 e. The molecular formula is C11H15NO4. The second kappa shape index (κ2) is 5.85. The molecule has 0 spiro atoms. The molecule has 0 aliphatic carbocycles. The molecule has 0 saturated heterocycles. The number of rotatable bonds is 4. The lowest BCUT2D eigenvalue weighted by atomic mass is 10.2. The van der Waals surface area contributed by atoms with Gasteiger partial charge in [0.2, 0.25) is 0 Å². The van der Waals surface area contributed by atoms with Gasteiger partial charge in [-0.25, -0.2) is 4.79 Å². The highest BCUT2D eigenvalue weighted by Gasteiger charge is 2.06. The first kappa shape index (κ1) is 12.2. The van der Waals surface area contributed by atoms with Gasteiger partial charge in [0, 0.05) is 18.2 Å². The zero-order valence-electron chi connectivity index (χ0n) is 9.57. The van der Waals surface area contributed by atoms with Gasteiger partial charge in [0.1, 0.15) is 11.5 Å². The molecule has 0 aliphatic rings. The van der Waals surface area contributed by atoms with Crippen molar-refractivity contribution in [3.8, 4) is 11.5 Å². The van der Waals surface area contributed by atoms with Crippen molar-refractivity contribution < 1.29 is 19.0 Å². The summed E-state index contributed by atoms with van der Waals surface area (Å²) in [7, 11) is 4.47. The van der Waals surface area contributed by atoms with Crippen LogP contribution in [0.25, 0.3) is 0 Å². The molecule has 0 aromatic heterocycles. The molecule has 0 atom stereocenters. The van der Waals surface area contributed by atoms with Crippen molar-refractivity contribution in [2.75, 3.05) is 21.3 Å². The molecule has 0 bridgehead atoms.